The molecule has 0 saturated heterocycles. The van der Waals surface area contributed by atoms with Crippen molar-refractivity contribution in [2.24, 2.45) is 5.92 Å². The molecular weight excluding hydrogens is 312 g/mol. The van der Waals surface area contributed by atoms with Gasteiger partial charge in [0, 0.05) is 12.1 Å². The molecule has 0 aliphatic carbocycles. The van der Waals surface area contributed by atoms with E-state index in [4.69, 9.17) is 9.47 Å². The summed E-state index contributed by atoms with van der Waals surface area (Å²) in [5.41, 5.74) is -0.340. The number of carbonyl (C=O) groups excluding carboxylic acids is 1. The largest absolute Gasteiger partial charge is 0.493 e. The van der Waals surface area contributed by atoms with Gasteiger partial charge in [-0.05, 0) is 19.3 Å². The maximum atomic E-state index is 12.4. The van der Waals surface area contributed by atoms with Crippen LogP contribution in [0.1, 0.15) is 50.4 Å². The first kappa shape index (κ1) is 19.7. The van der Waals surface area contributed by atoms with Gasteiger partial charge in [0.25, 0.3) is 11.6 Å². The van der Waals surface area contributed by atoms with Crippen molar-refractivity contribution in [2.75, 3.05) is 14.2 Å². The van der Waals surface area contributed by atoms with E-state index in [1.807, 2.05) is 6.92 Å². The molecular formula is C17H26N2O5. The quantitative estimate of drug-likeness (QED) is 0.549. The van der Waals surface area contributed by atoms with Crippen molar-refractivity contribution < 1.29 is 19.2 Å². The summed E-state index contributed by atoms with van der Waals surface area (Å²) in [5, 5.41) is 14.1. The van der Waals surface area contributed by atoms with E-state index in [0.717, 1.165) is 19.3 Å². The van der Waals surface area contributed by atoms with Crippen LogP contribution in [0.15, 0.2) is 12.1 Å². The van der Waals surface area contributed by atoms with Gasteiger partial charge in [-0.3, -0.25) is 14.9 Å². The van der Waals surface area contributed by atoms with Gasteiger partial charge in [0.1, 0.15) is 5.56 Å². The van der Waals surface area contributed by atoms with Crippen LogP contribution in [-0.4, -0.2) is 31.1 Å². The third kappa shape index (κ3) is 5.40. The maximum Gasteiger partial charge on any atom is 0.286 e. The summed E-state index contributed by atoms with van der Waals surface area (Å²) in [6.07, 6.45) is 2.90. The van der Waals surface area contributed by atoms with Crippen LogP contribution in [0.2, 0.25) is 0 Å². The Labute approximate surface area is 142 Å². The van der Waals surface area contributed by atoms with E-state index in [0.29, 0.717) is 5.92 Å². The Morgan fingerprint density at radius 1 is 1.17 bits per heavy atom. The van der Waals surface area contributed by atoms with Crippen LogP contribution < -0.4 is 14.8 Å². The van der Waals surface area contributed by atoms with Gasteiger partial charge in [0.2, 0.25) is 0 Å². The minimum Gasteiger partial charge on any atom is -0.493 e. The number of nitrogens with zero attached hydrogens (tertiary/aromatic N) is 1. The van der Waals surface area contributed by atoms with E-state index < -0.39 is 10.8 Å². The summed E-state index contributed by atoms with van der Waals surface area (Å²) in [7, 11) is 2.80. The molecule has 0 radical (unpaired) electrons. The predicted molar refractivity (Wildman–Crippen MR) is 91.8 cm³/mol. The molecule has 1 N–H and O–H groups in total. The van der Waals surface area contributed by atoms with E-state index in [-0.39, 0.29) is 28.8 Å². The molecule has 0 spiro atoms. The van der Waals surface area contributed by atoms with Crippen LogP contribution >= 0.6 is 0 Å². The van der Waals surface area contributed by atoms with Crippen LogP contribution in [0.5, 0.6) is 11.5 Å². The summed E-state index contributed by atoms with van der Waals surface area (Å²) in [5.74, 6) is 0.617. The zero-order valence-electron chi connectivity index (χ0n) is 14.9. The molecule has 134 valence electrons. The normalized spacial score (nSPS) is 11.9. The highest BCUT2D eigenvalue weighted by atomic mass is 16.6. The predicted octanol–water partition coefficient (Wildman–Crippen LogP) is 3.56. The molecule has 0 heterocycles. The number of methoxy groups -OCH3 is 2. The lowest BCUT2D eigenvalue weighted by atomic mass is 10.0. The zero-order chi connectivity index (χ0) is 18.3. The lowest BCUT2D eigenvalue weighted by molar-refractivity contribution is -0.385. The van der Waals surface area contributed by atoms with Crippen molar-refractivity contribution >= 4 is 11.6 Å². The highest BCUT2D eigenvalue weighted by Crippen LogP contribution is 2.34. The highest BCUT2D eigenvalue weighted by molar-refractivity contribution is 5.99. The topological polar surface area (TPSA) is 90.7 Å². The first-order valence-corrected chi connectivity index (χ1v) is 8.01. The third-order valence-corrected chi connectivity index (χ3v) is 3.74. The van der Waals surface area contributed by atoms with Crippen molar-refractivity contribution in [3.63, 3.8) is 0 Å². The van der Waals surface area contributed by atoms with Gasteiger partial charge in [0.15, 0.2) is 11.5 Å². The van der Waals surface area contributed by atoms with Gasteiger partial charge < -0.3 is 14.8 Å². The van der Waals surface area contributed by atoms with Crippen molar-refractivity contribution in [1.29, 1.82) is 0 Å². The molecule has 0 fully saturated rings. The Bertz CT molecular complexity index is 587. The van der Waals surface area contributed by atoms with Gasteiger partial charge in [0.05, 0.1) is 25.2 Å². The number of nitro benzene ring substituents is 1. The van der Waals surface area contributed by atoms with Crippen LogP contribution in [0.3, 0.4) is 0 Å². The second kappa shape index (κ2) is 9.10. The molecule has 1 atom stereocenters. The second-order valence-corrected chi connectivity index (χ2v) is 6.18. The molecule has 1 aromatic rings. The fourth-order valence-electron chi connectivity index (χ4n) is 2.41. The number of rotatable bonds is 9. The van der Waals surface area contributed by atoms with E-state index >= 15 is 0 Å². The van der Waals surface area contributed by atoms with Crippen LogP contribution in [-0.2, 0) is 0 Å². The van der Waals surface area contributed by atoms with E-state index in [1.54, 1.807) is 0 Å². The number of nitrogens with one attached hydrogen (secondary N) is 1. The number of hydrogen-bond acceptors (Lipinski definition) is 5. The maximum absolute atomic E-state index is 12.4. The molecule has 7 nitrogen and oxygen atoms in total. The van der Waals surface area contributed by atoms with E-state index in [2.05, 4.69) is 19.2 Å². The highest BCUT2D eigenvalue weighted by Gasteiger charge is 2.25. The average molecular weight is 338 g/mol. The molecule has 0 bridgehead atoms. The third-order valence-electron chi connectivity index (χ3n) is 3.74. The Hall–Kier alpha value is -2.31. The Balaban J connectivity index is 2.94. The SMILES string of the molecule is COc1cc(C(=O)N[C@H](C)CCCC(C)C)c([N+](=O)[O-])cc1OC. The number of hydrogen-bond donors (Lipinski definition) is 1. The van der Waals surface area contributed by atoms with Gasteiger partial charge >= 0.3 is 0 Å². The molecule has 0 saturated carbocycles. The molecule has 0 aliphatic rings. The summed E-state index contributed by atoms with van der Waals surface area (Å²) in [6.45, 7) is 6.19. The van der Waals surface area contributed by atoms with Gasteiger partial charge in [-0.25, -0.2) is 0 Å². The smallest absolute Gasteiger partial charge is 0.286 e. The molecule has 1 rings (SSSR count). The average Bonchev–Trinajstić information content (AvgIpc) is 2.52. The molecule has 0 aliphatic heterocycles. The number of nitro groups is 1. The Morgan fingerprint density at radius 2 is 1.75 bits per heavy atom. The monoisotopic (exact) mass is 338 g/mol. The van der Waals surface area contributed by atoms with Gasteiger partial charge in [-0.15, -0.1) is 0 Å². The fourth-order valence-corrected chi connectivity index (χ4v) is 2.41. The summed E-state index contributed by atoms with van der Waals surface area (Å²) >= 11 is 0. The molecule has 1 aromatic carbocycles. The van der Waals surface area contributed by atoms with E-state index in [9.17, 15) is 14.9 Å². The molecule has 24 heavy (non-hydrogen) atoms. The van der Waals surface area contributed by atoms with Crippen molar-refractivity contribution in [3.05, 3.63) is 27.8 Å². The van der Waals surface area contributed by atoms with E-state index in [1.165, 1.54) is 26.4 Å². The fraction of sp³-hybridized carbons (Fsp3) is 0.588. The zero-order valence-corrected chi connectivity index (χ0v) is 14.9. The summed E-state index contributed by atoms with van der Waals surface area (Å²) in [4.78, 5) is 23.1. The first-order valence-electron chi connectivity index (χ1n) is 8.01. The number of benzene rings is 1. The Morgan fingerprint density at radius 3 is 2.25 bits per heavy atom. The van der Waals surface area contributed by atoms with Crippen LogP contribution in [0, 0.1) is 16.0 Å². The number of ether oxygens (including phenoxy) is 2. The number of carbonyl (C=O) groups is 1. The Kier molecular flexibility index (Phi) is 7.48. The molecule has 0 unspecified atom stereocenters. The van der Waals surface area contributed by atoms with Crippen molar-refractivity contribution in [1.82, 2.24) is 5.32 Å². The standard InChI is InChI=1S/C17H26N2O5/c1-11(2)7-6-8-12(3)18-17(20)13-9-15(23-4)16(24-5)10-14(13)19(21)22/h9-12H,6-8H2,1-5H3,(H,18,20)/t12-/m1/s1. The number of amides is 1. The van der Waals surface area contributed by atoms with Crippen LogP contribution in [0.25, 0.3) is 0 Å². The lowest BCUT2D eigenvalue weighted by Gasteiger charge is -2.15. The summed E-state index contributed by atoms with van der Waals surface area (Å²) < 4.78 is 10.2. The molecule has 1 amide bonds. The molecule has 7 heteroatoms. The lowest BCUT2D eigenvalue weighted by Crippen LogP contribution is -2.33. The first-order chi connectivity index (χ1) is 11.3. The van der Waals surface area contributed by atoms with Crippen molar-refractivity contribution in [3.8, 4) is 11.5 Å². The second-order valence-electron chi connectivity index (χ2n) is 6.18. The van der Waals surface area contributed by atoms with Crippen molar-refractivity contribution in [2.45, 2.75) is 46.1 Å². The van der Waals surface area contributed by atoms with Crippen LogP contribution in [0.4, 0.5) is 5.69 Å². The minimum absolute atomic E-state index is 0.0339. The molecule has 0 aromatic heterocycles. The summed E-state index contributed by atoms with van der Waals surface area (Å²) in [6, 6.07) is 2.48. The van der Waals surface area contributed by atoms with Gasteiger partial charge in [-0.1, -0.05) is 26.7 Å². The minimum atomic E-state index is -0.597. The van der Waals surface area contributed by atoms with Gasteiger partial charge in [-0.2, -0.15) is 0 Å².